The summed E-state index contributed by atoms with van der Waals surface area (Å²) in [5.41, 5.74) is -1.74. The van der Waals surface area contributed by atoms with Gasteiger partial charge in [0.25, 0.3) is 0 Å². The molecule has 0 bridgehead atoms. The molecule has 3 aliphatic heterocycles. The van der Waals surface area contributed by atoms with Crippen LogP contribution in [0.15, 0.2) is 24.3 Å². The molecule has 340 valence electrons. The highest BCUT2D eigenvalue weighted by molar-refractivity contribution is 6.30. The van der Waals surface area contributed by atoms with Crippen LogP contribution >= 0.6 is 11.6 Å². The third-order valence-electron chi connectivity index (χ3n) is 13.4. The fraction of sp³-hybridized carbons (Fsp3) is 0.783. The maximum atomic E-state index is 14.9. The quantitative estimate of drug-likeness (QED) is 0.167. The highest BCUT2D eigenvalue weighted by Crippen LogP contribution is 2.44. The Hall–Kier alpha value is -2.81. The van der Waals surface area contributed by atoms with Crippen molar-refractivity contribution in [2.75, 3.05) is 20.7 Å². The molecule has 0 aliphatic carbocycles. The predicted molar refractivity (Wildman–Crippen MR) is 228 cm³/mol. The van der Waals surface area contributed by atoms with Gasteiger partial charge in [-0.3, -0.25) is 24.2 Å². The van der Waals surface area contributed by atoms with Gasteiger partial charge in [0.2, 0.25) is 0 Å². The summed E-state index contributed by atoms with van der Waals surface area (Å²) in [6.07, 6.45) is -4.59. The number of ketones is 1. The summed E-state index contributed by atoms with van der Waals surface area (Å²) in [6, 6.07) is 6.37. The average Bonchev–Trinajstić information content (AvgIpc) is 3.45. The number of benzene rings is 1. The van der Waals surface area contributed by atoms with E-state index in [9.17, 15) is 24.3 Å². The maximum absolute atomic E-state index is 14.9. The van der Waals surface area contributed by atoms with Gasteiger partial charge in [-0.05, 0) is 97.9 Å². The van der Waals surface area contributed by atoms with Crippen molar-refractivity contribution in [2.24, 2.45) is 29.6 Å². The molecule has 0 spiro atoms. The molecule has 1 amide bonds. The number of rotatable bonds is 12. The third kappa shape index (κ3) is 11.0. The summed E-state index contributed by atoms with van der Waals surface area (Å²) in [5, 5.41) is 12.5. The lowest BCUT2D eigenvalue weighted by Crippen LogP contribution is -2.61. The van der Waals surface area contributed by atoms with Crippen molar-refractivity contribution < 1.29 is 52.7 Å². The van der Waals surface area contributed by atoms with E-state index in [1.807, 2.05) is 67.6 Å². The Kier molecular flexibility index (Phi) is 17.1. The van der Waals surface area contributed by atoms with Crippen molar-refractivity contribution in [3.8, 4) is 0 Å². The van der Waals surface area contributed by atoms with Crippen LogP contribution in [0.5, 0.6) is 0 Å². The largest absolute Gasteiger partial charge is 0.461 e. The number of aliphatic hydroxyl groups is 1. The minimum absolute atomic E-state index is 0.0260. The lowest BCUT2D eigenvalue weighted by Gasteiger charge is -2.49. The standard InChI is InChI=1S/C46H73ClN2O11/c1-15-35-46(12)40(49(44(54)60-46)21-20-32-16-18-33(47)19-17-32)29(8)37(51)27(6)24-45(11,55-14)41(59-43-38(52)34(23-28(7)56-43)48(13)26(4)5)30(9)39(31(10)42(53)57-35)58-36(50)22-25(2)3/h16-19,25-31,34-35,38-41,43,52H,15,20-24H2,1-14H3/t27-,28-,29+,30+,31-,34+,35-,38-,39+,40-,41-,43?,45+,46-/m1/s1. The van der Waals surface area contributed by atoms with E-state index >= 15 is 0 Å². The maximum Gasteiger partial charge on any atom is 0.410 e. The zero-order valence-corrected chi connectivity index (χ0v) is 39.2. The van der Waals surface area contributed by atoms with Crippen LogP contribution < -0.4 is 0 Å². The molecule has 0 aromatic heterocycles. The van der Waals surface area contributed by atoms with Gasteiger partial charge in [-0.2, -0.15) is 0 Å². The minimum Gasteiger partial charge on any atom is -0.461 e. The zero-order chi connectivity index (χ0) is 45.0. The van der Waals surface area contributed by atoms with Crippen LogP contribution in [0, 0.1) is 29.6 Å². The number of carbonyl (C=O) groups excluding carboxylic acids is 4. The van der Waals surface area contributed by atoms with Crippen molar-refractivity contribution in [1.29, 1.82) is 0 Å². The number of ether oxygens (including phenoxy) is 6. The number of hydrogen-bond donors (Lipinski definition) is 1. The molecular weight excluding hydrogens is 792 g/mol. The first-order valence-corrected chi connectivity index (χ1v) is 22.3. The van der Waals surface area contributed by atoms with E-state index in [-0.39, 0.29) is 55.7 Å². The van der Waals surface area contributed by atoms with Gasteiger partial charge in [0, 0.05) is 54.9 Å². The second-order valence-corrected chi connectivity index (χ2v) is 19.3. The number of likely N-dealkylation sites (N-methyl/N-ethyl adjacent to an activating group) is 1. The van der Waals surface area contributed by atoms with Crippen molar-refractivity contribution in [3.05, 3.63) is 34.9 Å². The van der Waals surface area contributed by atoms with E-state index in [1.165, 1.54) is 7.11 Å². The smallest absolute Gasteiger partial charge is 0.410 e. The van der Waals surface area contributed by atoms with E-state index in [0.717, 1.165) is 5.56 Å². The first-order valence-electron chi connectivity index (χ1n) is 21.9. The Morgan fingerprint density at radius 2 is 1.67 bits per heavy atom. The van der Waals surface area contributed by atoms with E-state index < -0.39 is 89.7 Å². The molecule has 3 aliphatic rings. The van der Waals surface area contributed by atoms with Crippen LogP contribution in [-0.2, 0) is 49.2 Å². The zero-order valence-electron chi connectivity index (χ0n) is 38.4. The number of aliphatic hydroxyl groups excluding tert-OH is 1. The number of amides is 1. The van der Waals surface area contributed by atoms with Crippen molar-refractivity contribution in [1.82, 2.24) is 9.80 Å². The molecule has 4 rings (SSSR count). The summed E-state index contributed by atoms with van der Waals surface area (Å²) in [4.78, 5) is 60.7. The number of fused-ring (bicyclic) bond motifs is 1. The molecule has 3 fully saturated rings. The van der Waals surface area contributed by atoms with Crippen LogP contribution in [0.4, 0.5) is 4.79 Å². The van der Waals surface area contributed by atoms with E-state index in [0.29, 0.717) is 17.9 Å². The molecule has 1 aromatic rings. The Morgan fingerprint density at radius 1 is 1.03 bits per heavy atom. The highest BCUT2D eigenvalue weighted by atomic mass is 35.5. The van der Waals surface area contributed by atoms with Gasteiger partial charge in [0.15, 0.2) is 11.9 Å². The second-order valence-electron chi connectivity index (χ2n) is 18.8. The normalized spacial score (nSPS) is 37.2. The average molecular weight is 866 g/mol. The Labute approximate surface area is 363 Å². The third-order valence-corrected chi connectivity index (χ3v) is 13.7. The number of methoxy groups -OCH3 is 1. The molecule has 1 aromatic carbocycles. The Bertz CT molecular complexity index is 1630. The number of nitrogens with zero attached hydrogens (tertiary/aromatic N) is 2. The van der Waals surface area contributed by atoms with Gasteiger partial charge in [-0.25, -0.2) is 4.79 Å². The number of Topliss-reactive ketones (excluding diaryl/α,β-unsaturated/α-hetero) is 1. The van der Waals surface area contributed by atoms with Gasteiger partial charge in [0.1, 0.15) is 24.1 Å². The van der Waals surface area contributed by atoms with Crippen LogP contribution in [0.25, 0.3) is 0 Å². The summed E-state index contributed by atoms with van der Waals surface area (Å²) >= 11 is 6.15. The first-order chi connectivity index (χ1) is 28.0. The van der Waals surface area contributed by atoms with Crippen LogP contribution in [0.2, 0.25) is 5.02 Å². The molecule has 60 heavy (non-hydrogen) atoms. The molecule has 3 heterocycles. The topological polar surface area (TPSA) is 150 Å². The fourth-order valence-corrected chi connectivity index (χ4v) is 9.89. The monoisotopic (exact) mass is 864 g/mol. The predicted octanol–water partition coefficient (Wildman–Crippen LogP) is 7.25. The van der Waals surface area contributed by atoms with E-state index in [4.69, 9.17) is 40.0 Å². The van der Waals surface area contributed by atoms with Crippen molar-refractivity contribution >= 4 is 35.4 Å². The SMILES string of the molecule is CC[C@H]1OC(=O)[C@H](C)[C@@H](OC(=O)CC(C)C)[C@H](C)[C@@H](OC2O[C@H](C)C[C@H](N(C)C(C)C)[C@H]2O)[C@@](C)(OC)C[C@@H](C)C(=O)[C@H](C)[C@H]2N(CCc3ccc(Cl)cc3)C(=O)O[C@]12C. The van der Waals surface area contributed by atoms with Gasteiger partial charge >= 0.3 is 18.0 Å². The summed E-state index contributed by atoms with van der Waals surface area (Å²) in [7, 11) is 3.49. The number of carbonyl (C=O) groups is 4. The van der Waals surface area contributed by atoms with Crippen LogP contribution in [-0.4, -0.2) is 126 Å². The van der Waals surface area contributed by atoms with Gasteiger partial charge in [0.05, 0.1) is 29.8 Å². The first kappa shape index (κ1) is 49.8. The molecule has 0 radical (unpaired) electrons. The number of hydrogen-bond acceptors (Lipinski definition) is 12. The highest BCUT2D eigenvalue weighted by Gasteiger charge is 2.60. The Morgan fingerprint density at radius 3 is 2.23 bits per heavy atom. The number of esters is 2. The molecule has 1 unspecified atom stereocenters. The van der Waals surface area contributed by atoms with E-state index in [1.54, 1.807) is 37.8 Å². The molecule has 14 atom stereocenters. The van der Waals surface area contributed by atoms with Crippen molar-refractivity contribution in [3.63, 3.8) is 0 Å². The molecule has 3 saturated heterocycles. The molecule has 14 heteroatoms. The Balaban J connectivity index is 1.86. The summed E-state index contributed by atoms with van der Waals surface area (Å²) < 4.78 is 38.4. The molecule has 1 N–H and O–H groups in total. The fourth-order valence-electron chi connectivity index (χ4n) is 9.77. The molecule has 0 saturated carbocycles. The second kappa shape index (κ2) is 20.6. The number of halogens is 1. The van der Waals surface area contributed by atoms with Gasteiger partial charge in [-0.15, -0.1) is 0 Å². The molecular formula is C46H73ClN2O11. The van der Waals surface area contributed by atoms with Crippen LogP contribution in [0.3, 0.4) is 0 Å². The lowest BCUT2D eigenvalue weighted by atomic mass is 9.73. The van der Waals surface area contributed by atoms with E-state index in [2.05, 4.69) is 18.7 Å². The molecule has 13 nitrogen and oxygen atoms in total. The van der Waals surface area contributed by atoms with Crippen molar-refractivity contribution in [2.45, 2.75) is 181 Å². The minimum atomic E-state index is -1.42. The van der Waals surface area contributed by atoms with Crippen LogP contribution in [0.1, 0.15) is 114 Å². The van der Waals surface area contributed by atoms with Gasteiger partial charge < -0.3 is 33.5 Å². The summed E-state index contributed by atoms with van der Waals surface area (Å²) in [5.74, 6) is -4.56. The summed E-state index contributed by atoms with van der Waals surface area (Å²) in [6.45, 7) is 22.6. The number of cyclic esters (lactones) is 1. The van der Waals surface area contributed by atoms with Gasteiger partial charge in [-0.1, -0.05) is 65.3 Å². The lowest BCUT2D eigenvalue weighted by molar-refractivity contribution is -0.303.